The van der Waals surface area contributed by atoms with Crippen LogP contribution in [-0.2, 0) is 4.74 Å². The fraction of sp³-hybridized carbons (Fsp3) is 0.182. The maximum Gasteiger partial charge on any atom is 0.377 e. The zero-order valence-electron chi connectivity index (χ0n) is 10.2. The molecule has 8 nitrogen and oxygen atoms in total. The van der Waals surface area contributed by atoms with E-state index >= 15 is 0 Å². The summed E-state index contributed by atoms with van der Waals surface area (Å²) in [6.07, 6.45) is 1.29. The Balaban J connectivity index is 2.42. The number of rotatable bonds is 3. The van der Waals surface area contributed by atoms with Crippen molar-refractivity contribution in [3.63, 3.8) is 0 Å². The van der Waals surface area contributed by atoms with E-state index in [0.717, 1.165) is 0 Å². The largest absolute Gasteiger partial charge is 0.463 e. The SMILES string of the molecule is COC(=O)c1ncn(-c2ccc(C)c([N+](=O)[O-])c2)n1. The van der Waals surface area contributed by atoms with Crippen LogP contribution in [0.25, 0.3) is 5.69 Å². The first-order chi connectivity index (χ1) is 9.02. The van der Waals surface area contributed by atoms with E-state index in [9.17, 15) is 14.9 Å². The highest BCUT2D eigenvalue weighted by Crippen LogP contribution is 2.21. The molecule has 1 heterocycles. The highest BCUT2D eigenvalue weighted by atomic mass is 16.6. The molecule has 8 heteroatoms. The Morgan fingerprint density at radius 1 is 1.47 bits per heavy atom. The highest BCUT2D eigenvalue weighted by Gasteiger charge is 2.15. The molecule has 0 N–H and O–H groups in total. The molecule has 0 fully saturated rings. The van der Waals surface area contributed by atoms with Crippen molar-refractivity contribution >= 4 is 11.7 Å². The van der Waals surface area contributed by atoms with Gasteiger partial charge < -0.3 is 4.74 Å². The summed E-state index contributed by atoms with van der Waals surface area (Å²) >= 11 is 0. The van der Waals surface area contributed by atoms with Gasteiger partial charge in [0, 0.05) is 11.6 Å². The van der Waals surface area contributed by atoms with Crippen molar-refractivity contribution in [3.8, 4) is 5.69 Å². The fourth-order valence-electron chi connectivity index (χ4n) is 1.51. The zero-order valence-corrected chi connectivity index (χ0v) is 10.2. The second-order valence-corrected chi connectivity index (χ2v) is 3.73. The first-order valence-electron chi connectivity index (χ1n) is 5.28. The molecule has 2 aromatic rings. The van der Waals surface area contributed by atoms with Gasteiger partial charge in [-0.15, -0.1) is 5.10 Å². The lowest BCUT2D eigenvalue weighted by molar-refractivity contribution is -0.385. The topological polar surface area (TPSA) is 100 Å². The Bertz CT molecular complexity index is 650. The van der Waals surface area contributed by atoms with Gasteiger partial charge in [-0.05, 0) is 13.0 Å². The average molecular weight is 262 g/mol. The van der Waals surface area contributed by atoms with Crippen LogP contribution < -0.4 is 0 Å². The van der Waals surface area contributed by atoms with E-state index in [-0.39, 0.29) is 11.5 Å². The molecule has 2 rings (SSSR count). The summed E-state index contributed by atoms with van der Waals surface area (Å²) in [5.41, 5.74) is 0.967. The van der Waals surface area contributed by atoms with E-state index < -0.39 is 10.9 Å². The lowest BCUT2D eigenvalue weighted by atomic mass is 10.2. The first kappa shape index (κ1) is 12.7. The van der Waals surface area contributed by atoms with E-state index in [1.54, 1.807) is 19.1 Å². The Morgan fingerprint density at radius 3 is 2.84 bits per heavy atom. The van der Waals surface area contributed by atoms with Gasteiger partial charge in [0.25, 0.3) is 11.5 Å². The van der Waals surface area contributed by atoms with Crippen LogP contribution in [0.2, 0.25) is 0 Å². The van der Waals surface area contributed by atoms with Crippen LogP contribution in [0.5, 0.6) is 0 Å². The lowest BCUT2D eigenvalue weighted by Crippen LogP contribution is -2.05. The summed E-state index contributed by atoms with van der Waals surface area (Å²) in [6, 6.07) is 4.62. The van der Waals surface area contributed by atoms with Crippen molar-refractivity contribution in [1.29, 1.82) is 0 Å². The quantitative estimate of drug-likeness (QED) is 0.469. The standard InChI is InChI=1S/C11H10N4O4/c1-7-3-4-8(5-9(7)15(17)18)14-6-12-10(13-14)11(16)19-2/h3-6H,1-2H3. The number of esters is 1. The number of ether oxygens (including phenoxy) is 1. The van der Waals surface area contributed by atoms with Crippen LogP contribution in [0.1, 0.15) is 16.2 Å². The van der Waals surface area contributed by atoms with Gasteiger partial charge in [0.05, 0.1) is 17.7 Å². The number of benzene rings is 1. The van der Waals surface area contributed by atoms with Gasteiger partial charge in [0.1, 0.15) is 6.33 Å². The average Bonchev–Trinajstić information content (AvgIpc) is 2.87. The summed E-state index contributed by atoms with van der Waals surface area (Å²) in [5.74, 6) is -0.772. The van der Waals surface area contributed by atoms with Crippen LogP contribution in [0, 0.1) is 17.0 Å². The second kappa shape index (κ2) is 4.84. The molecule has 0 aliphatic rings. The number of aromatic nitrogens is 3. The summed E-state index contributed by atoms with van der Waals surface area (Å²) in [5, 5.41) is 14.7. The van der Waals surface area contributed by atoms with Crippen molar-refractivity contribution in [2.24, 2.45) is 0 Å². The Kier molecular flexibility index (Phi) is 3.23. The third-order valence-corrected chi connectivity index (χ3v) is 2.51. The van der Waals surface area contributed by atoms with Crippen LogP contribution in [0.4, 0.5) is 5.69 Å². The molecule has 0 aliphatic heterocycles. The first-order valence-corrected chi connectivity index (χ1v) is 5.28. The Hall–Kier alpha value is -2.77. The number of aryl methyl sites for hydroxylation is 1. The third-order valence-electron chi connectivity index (χ3n) is 2.51. The fourth-order valence-corrected chi connectivity index (χ4v) is 1.51. The van der Waals surface area contributed by atoms with Gasteiger partial charge in [-0.25, -0.2) is 14.5 Å². The summed E-state index contributed by atoms with van der Waals surface area (Å²) in [7, 11) is 1.22. The van der Waals surface area contributed by atoms with Crippen molar-refractivity contribution in [3.05, 3.63) is 46.0 Å². The third kappa shape index (κ3) is 2.41. The maximum absolute atomic E-state index is 11.2. The zero-order chi connectivity index (χ0) is 14.0. The molecule has 0 unspecified atom stereocenters. The molecule has 0 saturated heterocycles. The van der Waals surface area contributed by atoms with Gasteiger partial charge in [0.2, 0.25) is 0 Å². The van der Waals surface area contributed by atoms with Gasteiger partial charge >= 0.3 is 5.97 Å². The predicted molar refractivity (Wildman–Crippen MR) is 64.1 cm³/mol. The number of nitrogens with zero attached hydrogens (tertiary/aromatic N) is 4. The van der Waals surface area contributed by atoms with Crippen molar-refractivity contribution in [2.45, 2.75) is 6.92 Å². The molecule has 19 heavy (non-hydrogen) atoms. The lowest BCUT2D eigenvalue weighted by Gasteiger charge is -2.02. The van der Waals surface area contributed by atoms with Gasteiger partial charge in [-0.3, -0.25) is 10.1 Å². The summed E-state index contributed by atoms with van der Waals surface area (Å²) < 4.78 is 5.76. The smallest absolute Gasteiger partial charge is 0.377 e. The van der Waals surface area contributed by atoms with Crippen LogP contribution in [0.15, 0.2) is 24.5 Å². The van der Waals surface area contributed by atoms with Crippen molar-refractivity contribution in [2.75, 3.05) is 7.11 Å². The minimum Gasteiger partial charge on any atom is -0.463 e. The van der Waals surface area contributed by atoms with E-state index in [4.69, 9.17) is 0 Å². The van der Waals surface area contributed by atoms with E-state index in [1.807, 2.05) is 0 Å². The number of nitro benzene ring substituents is 1. The number of carbonyl (C=O) groups excluding carboxylic acids is 1. The monoisotopic (exact) mass is 262 g/mol. The van der Waals surface area contributed by atoms with Gasteiger partial charge in [-0.2, -0.15) is 0 Å². The molecular formula is C11H10N4O4. The molecule has 0 amide bonds. The van der Waals surface area contributed by atoms with Gasteiger partial charge in [0.15, 0.2) is 0 Å². The number of carbonyl (C=O) groups is 1. The molecule has 0 radical (unpaired) electrons. The minimum atomic E-state index is -0.666. The summed E-state index contributed by atoms with van der Waals surface area (Å²) in [6.45, 7) is 1.64. The van der Waals surface area contributed by atoms with Crippen LogP contribution >= 0.6 is 0 Å². The molecule has 98 valence electrons. The molecule has 1 aromatic carbocycles. The number of hydrogen-bond acceptors (Lipinski definition) is 6. The molecule has 0 aliphatic carbocycles. The predicted octanol–water partition coefficient (Wildman–Crippen LogP) is 1.27. The molecule has 1 aromatic heterocycles. The van der Waals surface area contributed by atoms with Crippen molar-refractivity contribution < 1.29 is 14.5 Å². The van der Waals surface area contributed by atoms with Crippen LogP contribution in [0.3, 0.4) is 0 Å². The minimum absolute atomic E-state index is 0.0207. The van der Waals surface area contributed by atoms with Crippen LogP contribution in [-0.4, -0.2) is 32.8 Å². The molecule has 0 saturated carbocycles. The van der Waals surface area contributed by atoms with E-state index in [0.29, 0.717) is 11.3 Å². The Morgan fingerprint density at radius 2 is 2.21 bits per heavy atom. The second-order valence-electron chi connectivity index (χ2n) is 3.73. The molecule has 0 spiro atoms. The number of nitro groups is 1. The van der Waals surface area contributed by atoms with E-state index in [2.05, 4.69) is 14.8 Å². The van der Waals surface area contributed by atoms with E-state index in [1.165, 1.54) is 24.2 Å². The molecule has 0 bridgehead atoms. The highest BCUT2D eigenvalue weighted by molar-refractivity contribution is 5.84. The van der Waals surface area contributed by atoms with Gasteiger partial charge in [-0.1, -0.05) is 6.07 Å². The molecule has 0 atom stereocenters. The summed E-state index contributed by atoms with van der Waals surface area (Å²) in [4.78, 5) is 25.4. The number of methoxy groups -OCH3 is 1. The Labute approximate surface area is 107 Å². The normalized spacial score (nSPS) is 10.2. The maximum atomic E-state index is 11.2. The number of hydrogen-bond donors (Lipinski definition) is 0. The van der Waals surface area contributed by atoms with Crippen molar-refractivity contribution in [1.82, 2.24) is 14.8 Å². The molecular weight excluding hydrogens is 252 g/mol.